The first kappa shape index (κ1) is 11.8. The fraction of sp³-hybridized carbons (Fsp3) is 0.231. The second-order valence-corrected chi connectivity index (χ2v) is 4.33. The second-order valence-electron chi connectivity index (χ2n) is 3.95. The van der Waals surface area contributed by atoms with E-state index in [9.17, 15) is 4.79 Å². The molecule has 0 saturated carbocycles. The summed E-state index contributed by atoms with van der Waals surface area (Å²) in [6.45, 7) is 4.53. The van der Waals surface area contributed by atoms with Crippen LogP contribution in [0.1, 0.15) is 18.1 Å². The Morgan fingerprint density at radius 3 is 2.53 bits per heavy atom. The molecule has 1 amide bonds. The lowest BCUT2D eigenvalue weighted by molar-refractivity contribution is -0.122. The number of carbonyl (C=O) groups is 1. The van der Waals surface area contributed by atoms with E-state index in [0.29, 0.717) is 17.4 Å². The smallest absolute Gasteiger partial charge is 0.276 e. The van der Waals surface area contributed by atoms with E-state index in [2.05, 4.69) is 5.32 Å². The van der Waals surface area contributed by atoms with Gasteiger partial charge in [0.2, 0.25) is 0 Å². The molecule has 1 fully saturated rings. The fourth-order valence-corrected chi connectivity index (χ4v) is 2.01. The highest BCUT2D eigenvalue weighted by Crippen LogP contribution is 2.14. The summed E-state index contributed by atoms with van der Waals surface area (Å²) >= 11 is 5.08. The summed E-state index contributed by atoms with van der Waals surface area (Å²) in [7, 11) is 0. The minimum Gasteiger partial charge on any atom is -0.328 e. The molecule has 1 heterocycles. The lowest BCUT2D eigenvalue weighted by atomic mass is 10.1. The largest absolute Gasteiger partial charge is 0.328 e. The molecule has 88 valence electrons. The van der Waals surface area contributed by atoms with E-state index in [4.69, 9.17) is 12.2 Å². The van der Waals surface area contributed by atoms with Gasteiger partial charge in [0.05, 0.1) is 0 Å². The van der Waals surface area contributed by atoms with E-state index in [1.54, 1.807) is 4.90 Å². The Morgan fingerprint density at radius 1 is 1.35 bits per heavy atom. The van der Waals surface area contributed by atoms with Gasteiger partial charge < -0.3 is 5.32 Å². The van der Waals surface area contributed by atoms with E-state index >= 15 is 0 Å². The summed E-state index contributed by atoms with van der Waals surface area (Å²) in [5, 5.41) is 3.42. The minimum absolute atomic E-state index is 0.0573. The molecule has 0 unspecified atom stereocenters. The van der Waals surface area contributed by atoms with Crippen molar-refractivity contribution in [1.29, 1.82) is 0 Å². The molecule has 1 N–H and O–H groups in total. The number of nitrogens with zero attached hydrogens (tertiary/aromatic N) is 1. The molecule has 1 aromatic rings. The Labute approximate surface area is 106 Å². The number of hydrogen-bond donors (Lipinski definition) is 1. The lowest BCUT2D eigenvalue weighted by Gasteiger charge is -2.08. The van der Waals surface area contributed by atoms with Crippen molar-refractivity contribution in [3.8, 4) is 0 Å². The Kier molecular flexibility index (Phi) is 3.24. The number of rotatable bonds is 2. The van der Waals surface area contributed by atoms with Crippen molar-refractivity contribution in [3.63, 3.8) is 0 Å². The first-order chi connectivity index (χ1) is 8.11. The summed E-state index contributed by atoms with van der Waals surface area (Å²) in [5.74, 6) is -0.0573. The van der Waals surface area contributed by atoms with Gasteiger partial charge in [-0.25, -0.2) is 0 Å². The van der Waals surface area contributed by atoms with Gasteiger partial charge in [0, 0.05) is 6.54 Å². The zero-order valence-electron chi connectivity index (χ0n) is 9.86. The molecule has 0 aliphatic carbocycles. The number of hydrogen-bond acceptors (Lipinski definition) is 2. The van der Waals surface area contributed by atoms with E-state index in [1.807, 2.05) is 44.2 Å². The zero-order chi connectivity index (χ0) is 12.4. The average Bonchev–Trinajstić information content (AvgIpc) is 2.57. The van der Waals surface area contributed by atoms with Gasteiger partial charge in [0.1, 0.15) is 5.70 Å². The van der Waals surface area contributed by atoms with Crippen LogP contribution in [0.25, 0.3) is 6.08 Å². The van der Waals surface area contributed by atoms with Crippen molar-refractivity contribution in [2.75, 3.05) is 6.54 Å². The third-order valence-corrected chi connectivity index (χ3v) is 2.99. The number of likely N-dealkylation sites (N-methyl/N-ethyl adjacent to an activating group) is 1. The second kappa shape index (κ2) is 4.67. The summed E-state index contributed by atoms with van der Waals surface area (Å²) in [6.07, 6.45) is 1.82. The van der Waals surface area contributed by atoms with Crippen LogP contribution in [-0.2, 0) is 4.79 Å². The molecule has 0 atom stereocenters. The number of thiocarbonyl (C=S) groups is 1. The molecule has 3 nitrogen and oxygen atoms in total. The highest BCUT2D eigenvalue weighted by molar-refractivity contribution is 7.80. The predicted octanol–water partition coefficient (Wildman–Crippen LogP) is 2.07. The quantitative estimate of drug-likeness (QED) is 0.640. The highest BCUT2D eigenvalue weighted by atomic mass is 32.1. The molecule has 1 aliphatic rings. The maximum absolute atomic E-state index is 11.9. The highest BCUT2D eigenvalue weighted by Gasteiger charge is 2.28. The average molecular weight is 246 g/mol. The van der Waals surface area contributed by atoms with Crippen molar-refractivity contribution in [3.05, 3.63) is 41.1 Å². The van der Waals surface area contributed by atoms with Crippen molar-refractivity contribution in [2.24, 2.45) is 0 Å². The molecular formula is C13H14N2OS. The molecule has 17 heavy (non-hydrogen) atoms. The van der Waals surface area contributed by atoms with Gasteiger partial charge in [-0.05, 0) is 37.7 Å². The molecule has 1 aliphatic heterocycles. The van der Waals surface area contributed by atoms with Gasteiger partial charge in [0.15, 0.2) is 5.11 Å². The van der Waals surface area contributed by atoms with Crippen LogP contribution in [-0.4, -0.2) is 22.5 Å². The Bertz CT molecular complexity index is 491. The molecule has 0 spiro atoms. The normalized spacial score (nSPS) is 17.8. The van der Waals surface area contributed by atoms with Crippen LogP contribution < -0.4 is 5.32 Å². The van der Waals surface area contributed by atoms with E-state index in [1.165, 1.54) is 5.56 Å². The summed E-state index contributed by atoms with van der Waals surface area (Å²) in [4.78, 5) is 13.5. The van der Waals surface area contributed by atoms with E-state index in [0.717, 1.165) is 5.56 Å². The number of aryl methyl sites for hydroxylation is 1. The van der Waals surface area contributed by atoms with Crippen LogP contribution >= 0.6 is 12.2 Å². The third-order valence-electron chi connectivity index (χ3n) is 2.67. The lowest BCUT2D eigenvalue weighted by Crippen LogP contribution is -2.30. The zero-order valence-corrected chi connectivity index (χ0v) is 10.7. The van der Waals surface area contributed by atoms with Crippen LogP contribution in [0, 0.1) is 6.92 Å². The Morgan fingerprint density at radius 2 is 2.00 bits per heavy atom. The van der Waals surface area contributed by atoms with Crippen LogP contribution in [0.4, 0.5) is 0 Å². The first-order valence-electron chi connectivity index (χ1n) is 5.53. The molecule has 4 heteroatoms. The minimum atomic E-state index is -0.0573. The summed E-state index contributed by atoms with van der Waals surface area (Å²) in [6, 6.07) is 7.99. The maximum Gasteiger partial charge on any atom is 0.276 e. The Balaban J connectivity index is 2.27. The molecular weight excluding hydrogens is 232 g/mol. The van der Waals surface area contributed by atoms with Gasteiger partial charge >= 0.3 is 0 Å². The monoisotopic (exact) mass is 246 g/mol. The van der Waals surface area contributed by atoms with Crippen molar-refractivity contribution < 1.29 is 4.79 Å². The molecule has 0 aromatic heterocycles. The first-order valence-corrected chi connectivity index (χ1v) is 5.94. The predicted molar refractivity (Wildman–Crippen MR) is 72.3 cm³/mol. The summed E-state index contributed by atoms with van der Waals surface area (Å²) < 4.78 is 0. The van der Waals surface area contributed by atoms with Crippen molar-refractivity contribution >= 4 is 29.3 Å². The molecule has 1 saturated heterocycles. The number of carbonyl (C=O) groups excluding carboxylic acids is 1. The van der Waals surface area contributed by atoms with Crippen molar-refractivity contribution in [2.45, 2.75) is 13.8 Å². The summed E-state index contributed by atoms with van der Waals surface area (Å²) in [5.41, 5.74) is 2.73. The van der Waals surface area contributed by atoms with Gasteiger partial charge in [-0.3, -0.25) is 9.69 Å². The van der Waals surface area contributed by atoms with Gasteiger partial charge in [-0.15, -0.1) is 0 Å². The number of amides is 1. The Hall–Kier alpha value is -1.68. The third kappa shape index (κ3) is 2.36. The molecule has 1 aromatic carbocycles. The van der Waals surface area contributed by atoms with Crippen LogP contribution in [0.3, 0.4) is 0 Å². The van der Waals surface area contributed by atoms with Gasteiger partial charge in [0.25, 0.3) is 5.91 Å². The molecule has 2 rings (SSSR count). The SMILES string of the molecule is CCN1C(=O)/C(=C/c2ccc(C)cc2)NC1=S. The standard InChI is InChI=1S/C13H14N2OS/c1-3-15-12(16)11(14-13(15)17)8-10-6-4-9(2)5-7-10/h4-8H,3H2,1-2H3,(H,14,17)/b11-8-. The molecule has 0 bridgehead atoms. The number of benzene rings is 1. The molecule has 0 radical (unpaired) electrons. The van der Waals surface area contributed by atoms with Gasteiger partial charge in [-0.2, -0.15) is 0 Å². The van der Waals surface area contributed by atoms with Gasteiger partial charge in [-0.1, -0.05) is 29.8 Å². The van der Waals surface area contributed by atoms with E-state index < -0.39 is 0 Å². The number of nitrogens with one attached hydrogen (secondary N) is 1. The fourth-order valence-electron chi connectivity index (χ4n) is 1.69. The maximum atomic E-state index is 11.9. The van der Waals surface area contributed by atoms with Crippen LogP contribution in [0.5, 0.6) is 0 Å². The van der Waals surface area contributed by atoms with Crippen LogP contribution in [0.2, 0.25) is 0 Å². The van der Waals surface area contributed by atoms with E-state index in [-0.39, 0.29) is 5.91 Å². The van der Waals surface area contributed by atoms with Crippen molar-refractivity contribution in [1.82, 2.24) is 10.2 Å². The topological polar surface area (TPSA) is 32.3 Å². The van der Waals surface area contributed by atoms with Crippen LogP contribution in [0.15, 0.2) is 30.0 Å².